The van der Waals surface area contributed by atoms with E-state index in [0.717, 1.165) is 44.8 Å². The molecule has 0 aliphatic carbocycles. The van der Waals surface area contributed by atoms with Crippen molar-refractivity contribution in [3.8, 4) is 0 Å². The van der Waals surface area contributed by atoms with E-state index in [1.54, 1.807) is 0 Å². The third-order valence-corrected chi connectivity index (χ3v) is 5.25. The molecular weight excluding hydrogens is 332 g/mol. The van der Waals surface area contributed by atoms with Crippen molar-refractivity contribution in [3.63, 3.8) is 0 Å². The Kier molecular flexibility index (Phi) is 5.97. The molecule has 9 nitrogen and oxygen atoms in total. The van der Waals surface area contributed by atoms with Crippen molar-refractivity contribution >= 4 is 17.4 Å². The molecule has 1 amide bonds. The molecule has 1 aliphatic heterocycles. The molecule has 3 heterocycles. The van der Waals surface area contributed by atoms with Crippen molar-refractivity contribution in [2.75, 3.05) is 37.6 Å². The zero-order chi connectivity index (χ0) is 18.5. The first-order chi connectivity index (χ1) is 12.6. The second-order valence-corrected chi connectivity index (χ2v) is 6.79. The molecule has 1 atom stereocenters. The van der Waals surface area contributed by atoms with Crippen molar-refractivity contribution in [2.45, 2.75) is 39.7 Å². The highest BCUT2D eigenvalue weighted by Gasteiger charge is 2.26. The summed E-state index contributed by atoms with van der Waals surface area (Å²) in [6.07, 6.45) is 1.67. The van der Waals surface area contributed by atoms with E-state index in [0.29, 0.717) is 18.2 Å². The second kappa shape index (κ2) is 8.39. The van der Waals surface area contributed by atoms with Gasteiger partial charge in [0.1, 0.15) is 0 Å². The van der Waals surface area contributed by atoms with Gasteiger partial charge in [0.25, 0.3) is 0 Å². The van der Waals surface area contributed by atoms with Crippen molar-refractivity contribution in [2.24, 2.45) is 5.92 Å². The van der Waals surface area contributed by atoms with E-state index < -0.39 is 0 Å². The van der Waals surface area contributed by atoms with Crippen LogP contribution in [0.5, 0.6) is 0 Å². The molecule has 3 rings (SSSR count). The van der Waals surface area contributed by atoms with Gasteiger partial charge in [0, 0.05) is 31.6 Å². The van der Waals surface area contributed by atoms with E-state index in [2.05, 4.69) is 56.5 Å². The number of hydrogen-bond acceptors (Lipinski definition) is 7. The summed E-state index contributed by atoms with van der Waals surface area (Å²) < 4.78 is 1.43. The molecule has 26 heavy (non-hydrogen) atoms. The lowest BCUT2D eigenvalue weighted by Gasteiger charge is -2.32. The Balaban J connectivity index is 1.49. The zero-order valence-electron chi connectivity index (χ0n) is 15.8. The number of hydrogen-bond donors (Lipinski definition) is 1. The number of carbonyl (C=O) groups excluding carboxylic acids is 1. The quantitative estimate of drug-likeness (QED) is 0.772. The van der Waals surface area contributed by atoms with Crippen LogP contribution in [-0.4, -0.2) is 74.8 Å². The van der Waals surface area contributed by atoms with Crippen LogP contribution in [0.25, 0.3) is 5.65 Å². The van der Waals surface area contributed by atoms with Gasteiger partial charge in [0.15, 0.2) is 11.5 Å². The Morgan fingerprint density at radius 3 is 2.73 bits per heavy atom. The number of amides is 1. The number of nitrogens with zero attached hydrogens (tertiary/aromatic N) is 7. The summed E-state index contributed by atoms with van der Waals surface area (Å²) >= 11 is 0. The highest BCUT2D eigenvalue weighted by atomic mass is 16.1. The Morgan fingerprint density at radius 2 is 2.04 bits per heavy atom. The monoisotopic (exact) mass is 360 g/mol. The number of likely N-dealkylation sites (N-methyl/N-ethyl adjacent to an activating group) is 1. The summed E-state index contributed by atoms with van der Waals surface area (Å²) in [5, 5.41) is 18.9. The fraction of sp³-hybridized carbons (Fsp3) is 0.706. The van der Waals surface area contributed by atoms with E-state index in [9.17, 15) is 4.79 Å². The first-order valence-electron chi connectivity index (χ1n) is 9.44. The first-order valence-corrected chi connectivity index (χ1v) is 9.44. The van der Waals surface area contributed by atoms with Crippen LogP contribution in [-0.2, 0) is 4.79 Å². The molecule has 1 aliphatic rings. The molecule has 0 spiro atoms. The highest BCUT2D eigenvalue weighted by Crippen LogP contribution is 2.22. The molecule has 9 heteroatoms. The largest absolute Gasteiger partial charge is 0.355 e. The summed E-state index contributed by atoms with van der Waals surface area (Å²) in [4.78, 5) is 17.0. The van der Waals surface area contributed by atoms with Crippen molar-refractivity contribution in [1.29, 1.82) is 0 Å². The molecule has 0 radical (unpaired) electrons. The van der Waals surface area contributed by atoms with Gasteiger partial charge in [0.05, 0.1) is 0 Å². The molecule has 0 aromatic carbocycles. The summed E-state index contributed by atoms with van der Waals surface area (Å²) in [5.41, 5.74) is 0.630. The van der Waals surface area contributed by atoms with Gasteiger partial charge in [-0.3, -0.25) is 9.69 Å². The van der Waals surface area contributed by atoms with Crippen LogP contribution in [0.15, 0.2) is 12.1 Å². The number of anilines is 1. The Bertz CT molecular complexity index is 720. The predicted molar refractivity (Wildman–Crippen MR) is 98.9 cm³/mol. The normalized spacial score (nSPS) is 17.0. The number of aromatic nitrogens is 5. The highest BCUT2D eigenvalue weighted by molar-refractivity contribution is 5.79. The van der Waals surface area contributed by atoms with Crippen LogP contribution in [0.2, 0.25) is 0 Å². The van der Waals surface area contributed by atoms with Crippen molar-refractivity contribution in [3.05, 3.63) is 12.1 Å². The van der Waals surface area contributed by atoms with Crippen LogP contribution in [0.3, 0.4) is 0 Å². The maximum absolute atomic E-state index is 12.5. The summed E-state index contributed by atoms with van der Waals surface area (Å²) in [7, 11) is 0. The van der Waals surface area contributed by atoms with Gasteiger partial charge in [-0.15, -0.1) is 14.8 Å². The molecule has 1 unspecified atom stereocenters. The van der Waals surface area contributed by atoms with Crippen molar-refractivity contribution in [1.82, 2.24) is 35.5 Å². The average Bonchev–Trinajstić information content (AvgIpc) is 3.15. The summed E-state index contributed by atoms with van der Waals surface area (Å²) in [6, 6.07) is 4.15. The molecular formula is C17H28N8O. The summed E-state index contributed by atoms with van der Waals surface area (Å²) in [6.45, 7) is 10.8. The molecule has 2 aromatic heterocycles. The molecule has 2 aromatic rings. The van der Waals surface area contributed by atoms with Crippen LogP contribution in [0.1, 0.15) is 33.6 Å². The number of nitrogens with one attached hydrogen (secondary N) is 1. The van der Waals surface area contributed by atoms with Crippen LogP contribution in [0, 0.1) is 5.92 Å². The Morgan fingerprint density at radius 1 is 1.31 bits per heavy atom. The average molecular weight is 360 g/mol. The molecule has 1 saturated heterocycles. The van der Waals surface area contributed by atoms with Gasteiger partial charge in [-0.25, -0.2) is 0 Å². The number of piperidine rings is 1. The lowest BCUT2D eigenvalue weighted by atomic mass is 9.96. The van der Waals surface area contributed by atoms with E-state index in [1.807, 2.05) is 12.1 Å². The number of carbonyl (C=O) groups is 1. The zero-order valence-corrected chi connectivity index (χ0v) is 15.8. The number of fused-ring (bicyclic) bond motifs is 1. The van der Waals surface area contributed by atoms with E-state index in [1.165, 1.54) is 4.63 Å². The van der Waals surface area contributed by atoms with Gasteiger partial charge in [-0.2, -0.15) is 0 Å². The second-order valence-electron chi connectivity index (χ2n) is 6.79. The van der Waals surface area contributed by atoms with Gasteiger partial charge < -0.3 is 10.2 Å². The third-order valence-electron chi connectivity index (χ3n) is 5.25. The molecule has 0 saturated carbocycles. The minimum absolute atomic E-state index is 0.0759. The maximum atomic E-state index is 12.5. The molecule has 1 N–H and O–H groups in total. The van der Waals surface area contributed by atoms with E-state index in [4.69, 9.17) is 0 Å². The van der Waals surface area contributed by atoms with E-state index >= 15 is 0 Å². The number of tetrazole rings is 1. The van der Waals surface area contributed by atoms with E-state index in [-0.39, 0.29) is 11.8 Å². The third kappa shape index (κ3) is 4.09. The predicted octanol–water partition coefficient (Wildman–Crippen LogP) is 0.582. The first kappa shape index (κ1) is 18.5. The Labute approximate surface area is 153 Å². The fourth-order valence-corrected chi connectivity index (χ4v) is 3.55. The van der Waals surface area contributed by atoms with Crippen LogP contribution >= 0.6 is 0 Å². The molecule has 0 bridgehead atoms. The molecule has 142 valence electrons. The molecule has 1 fully saturated rings. The van der Waals surface area contributed by atoms with Gasteiger partial charge in [0.2, 0.25) is 5.91 Å². The topological polar surface area (TPSA) is 91.5 Å². The summed E-state index contributed by atoms with van der Waals surface area (Å²) in [5.74, 6) is 1.10. The van der Waals surface area contributed by atoms with Crippen molar-refractivity contribution < 1.29 is 4.79 Å². The number of rotatable bonds is 7. The smallest absolute Gasteiger partial charge is 0.223 e. The SMILES string of the molecule is CCN(CC)C(C)CNC(=O)C1CCN(c2ccc3nnnn3n2)CC1. The fourth-order valence-electron chi connectivity index (χ4n) is 3.55. The maximum Gasteiger partial charge on any atom is 0.223 e. The standard InChI is InChI=1S/C17H28N8O/c1-4-23(5-2)13(3)12-18-17(26)14-8-10-24(11-9-14)16-7-6-15-19-21-22-25(15)20-16/h6-7,13-14H,4-5,8-12H2,1-3H3,(H,18,26). The lowest BCUT2D eigenvalue weighted by Crippen LogP contribution is -2.46. The lowest BCUT2D eigenvalue weighted by molar-refractivity contribution is -0.125. The van der Waals surface area contributed by atoms with Crippen LogP contribution < -0.4 is 10.2 Å². The van der Waals surface area contributed by atoms with Gasteiger partial charge in [-0.05, 0) is 55.4 Å². The minimum Gasteiger partial charge on any atom is -0.355 e. The van der Waals surface area contributed by atoms with Crippen LogP contribution in [0.4, 0.5) is 5.82 Å². The van der Waals surface area contributed by atoms with Gasteiger partial charge in [-0.1, -0.05) is 13.8 Å². The minimum atomic E-state index is 0.0759. The Hall–Kier alpha value is -2.29. The van der Waals surface area contributed by atoms with Gasteiger partial charge >= 0.3 is 0 Å².